The molecule has 8 heteroatoms. The Kier molecular flexibility index (Phi) is 5.98. The lowest BCUT2D eigenvalue weighted by Crippen LogP contribution is -2.39. The molecule has 2 N–H and O–H groups in total. The minimum absolute atomic E-state index is 0.220. The van der Waals surface area contributed by atoms with Gasteiger partial charge in [0.15, 0.2) is 6.61 Å². The predicted molar refractivity (Wildman–Crippen MR) is 73.6 cm³/mol. The number of esters is 1. The van der Waals surface area contributed by atoms with Crippen molar-refractivity contribution in [1.82, 2.24) is 10.6 Å². The molecule has 0 saturated carbocycles. The second-order valence-corrected chi connectivity index (χ2v) is 4.40. The van der Waals surface area contributed by atoms with E-state index < -0.39 is 24.5 Å². The second kappa shape index (κ2) is 7.49. The largest absolute Gasteiger partial charge is 0.497 e. The van der Waals surface area contributed by atoms with E-state index >= 15 is 0 Å². The SMILES string of the molecule is CNC(=O)NC(=O)COC(=O)c1cc(OC)ccc1Br. The first-order valence-electron chi connectivity index (χ1n) is 5.50. The van der Waals surface area contributed by atoms with Crippen molar-refractivity contribution in [2.45, 2.75) is 0 Å². The molecule has 0 heterocycles. The number of urea groups is 1. The van der Waals surface area contributed by atoms with E-state index in [2.05, 4.69) is 21.2 Å². The average Bonchev–Trinajstić information content (AvgIpc) is 2.45. The number of hydrogen-bond acceptors (Lipinski definition) is 5. The molecule has 0 unspecified atom stereocenters. The second-order valence-electron chi connectivity index (χ2n) is 3.55. The van der Waals surface area contributed by atoms with E-state index in [0.29, 0.717) is 10.2 Å². The molecule has 0 aliphatic heterocycles. The molecule has 0 aliphatic rings. The van der Waals surface area contributed by atoms with Crippen LogP contribution >= 0.6 is 15.9 Å². The number of methoxy groups -OCH3 is 1. The maximum atomic E-state index is 11.8. The molecular formula is C12H13BrN2O5. The van der Waals surface area contributed by atoms with Crippen LogP contribution in [0.1, 0.15) is 10.4 Å². The molecular weight excluding hydrogens is 332 g/mol. The third-order valence-corrected chi connectivity index (χ3v) is 2.90. The van der Waals surface area contributed by atoms with Crippen molar-refractivity contribution in [2.75, 3.05) is 20.8 Å². The summed E-state index contributed by atoms with van der Waals surface area (Å²) in [5.74, 6) is -0.950. The molecule has 0 atom stereocenters. The molecule has 108 valence electrons. The van der Waals surface area contributed by atoms with Crippen LogP contribution in [-0.4, -0.2) is 38.7 Å². The Morgan fingerprint density at radius 3 is 2.60 bits per heavy atom. The van der Waals surface area contributed by atoms with Gasteiger partial charge in [-0.2, -0.15) is 0 Å². The van der Waals surface area contributed by atoms with Gasteiger partial charge in [0.05, 0.1) is 12.7 Å². The molecule has 3 amide bonds. The van der Waals surface area contributed by atoms with Crippen LogP contribution in [0.15, 0.2) is 22.7 Å². The van der Waals surface area contributed by atoms with E-state index in [0.717, 1.165) is 0 Å². The smallest absolute Gasteiger partial charge is 0.339 e. The van der Waals surface area contributed by atoms with Crippen molar-refractivity contribution in [3.05, 3.63) is 28.2 Å². The van der Waals surface area contributed by atoms with E-state index in [1.165, 1.54) is 20.2 Å². The van der Waals surface area contributed by atoms with Gasteiger partial charge in [-0.3, -0.25) is 10.1 Å². The highest BCUT2D eigenvalue weighted by Gasteiger charge is 2.15. The minimum atomic E-state index is -0.725. The van der Waals surface area contributed by atoms with Gasteiger partial charge < -0.3 is 14.8 Å². The number of rotatable bonds is 4. The van der Waals surface area contributed by atoms with Crippen LogP contribution in [-0.2, 0) is 9.53 Å². The Labute approximate surface area is 123 Å². The lowest BCUT2D eigenvalue weighted by molar-refractivity contribution is -0.123. The lowest BCUT2D eigenvalue weighted by atomic mass is 10.2. The van der Waals surface area contributed by atoms with Gasteiger partial charge in [0, 0.05) is 11.5 Å². The fourth-order valence-electron chi connectivity index (χ4n) is 1.22. The quantitative estimate of drug-likeness (QED) is 0.797. The minimum Gasteiger partial charge on any atom is -0.497 e. The summed E-state index contributed by atoms with van der Waals surface area (Å²) in [6.45, 7) is -0.560. The molecule has 7 nitrogen and oxygen atoms in total. The number of nitrogens with one attached hydrogen (secondary N) is 2. The Balaban J connectivity index is 2.63. The Hall–Kier alpha value is -2.09. The van der Waals surface area contributed by atoms with Crippen molar-refractivity contribution in [3.63, 3.8) is 0 Å². The van der Waals surface area contributed by atoms with Gasteiger partial charge in [0.1, 0.15) is 5.75 Å². The first kappa shape index (κ1) is 16.0. The van der Waals surface area contributed by atoms with Crippen LogP contribution in [0.4, 0.5) is 4.79 Å². The van der Waals surface area contributed by atoms with Crippen molar-refractivity contribution in [3.8, 4) is 5.75 Å². The number of benzene rings is 1. The molecule has 0 aromatic heterocycles. The Morgan fingerprint density at radius 1 is 1.30 bits per heavy atom. The molecule has 0 fully saturated rings. The zero-order valence-corrected chi connectivity index (χ0v) is 12.4. The van der Waals surface area contributed by atoms with E-state index in [1.807, 2.05) is 5.32 Å². The molecule has 0 aliphatic carbocycles. The number of amides is 3. The molecule has 20 heavy (non-hydrogen) atoms. The van der Waals surface area contributed by atoms with Crippen LogP contribution in [0, 0.1) is 0 Å². The summed E-state index contributed by atoms with van der Waals surface area (Å²) in [5.41, 5.74) is 0.220. The lowest BCUT2D eigenvalue weighted by Gasteiger charge is -2.08. The number of carbonyl (C=O) groups is 3. The molecule has 1 rings (SSSR count). The maximum Gasteiger partial charge on any atom is 0.339 e. The predicted octanol–water partition coefficient (Wildman–Crippen LogP) is 1.07. The summed E-state index contributed by atoms with van der Waals surface area (Å²) >= 11 is 3.20. The zero-order chi connectivity index (χ0) is 15.1. The van der Waals surface area contributed by atoms with Crippen LogP contribution < -0.4 is 15.4 Å². The van der Waals surface area contributed by atoms with E-state index in [4.69, 9.17) is 9.47 Å². The van der Waals surface area contributed by atoms with Gasteiger partial charge in [-0.05, 0) is 34.1 Å². The van der Waals surface area contributed by atoms with E-state index in [1.54, 1.807) is 12.1 Å². The number of carbonyl (C=O) groups excluding carboxylic acids is 3. The number of hydrogen-bond donors (Lipinski definition) is 2. The van der Waals surface area contributed by atoms with Gasteiger partial charge in [0.25, 0.3) is 5.91 Å². The normalized spacial score (nSPS) is 9.55. The number of imide groups is 1. The molecule has 0 bridgehead atoms. The standard InChI is InChI=1S/C12H13BrN2O5/c1-14-12(18)15-10(16)6-20-11(17)8-5-7(19-2)3-4-9(8)13/h3-5H,6H2,1-2H3,(H2,14,15,16,18). The third-order valence-electron chi connectivity index (χ3n) is 2.21. The zero-order valence-electron chi connectivity index (χ0n) is 10.9. The van der Waals surface area contributed by atoms with Gasteiger partial charge in [-0.1, -0.05) is 0 Å². The summed E-state index contributed by atoms with van der Waals surface area (Å²) in [6.07, 6.45) is 0. The van der Waals surface area contributed by atoms with Gasteiger partial charge in [-0.15, -0.1) is 0 Å². The van der Waals surface area contributed by atoms with Crippen LogP contribution in [0.2, 0.25) is 0 Å². The molecule has 0 spiro atoms. The van der Waals surface area contributed by atoms with Gasteiger partial charge in [-0.25, -0.2) is 9.59 Å². The van der Waals surface area contributed by atoms with Crippen molar-refractivity contribution >= 4 is 33.8 Å². The number of ether oxygens (including phenoxy) is 2. The summed E-state index contributed by atoms with van der Waals surface area (Å²) in [4.78, 5) is 33.9. The van der Waals surface area contributed by atoms with Crippen LogP contribution in [0.5, 0.6) is 5.75 Å². The number of halogens is 1. The Bertz CT molecular complexity index is 533. The molecule has 0 saturated heterocycles. The third kappa shape index (κ3) is 4.54. The van der Waals surface area contributed by atoms with Gasteiger partial charge >= 0.3 is 12.0 Å². The van der Waals surface area contributed by atoms with Crippen molar-refractivity contribution in [1.29, 1.82) is 0 Å². The fourth-order valence-corrected chi connectivity index (χ4v) is 1.63. The highest BCUT2D eigenvalue weighted by Crippen LogP contribution is 2.23. The first-order valence-corrected chi connectivity index (χ1v) is 6.29. The van der Waals surface area contributed by atoms with Crippen molar-refractivity contribution < 1.29 is 23.9 Å². The highest BCUT2D eigenvalue weighted by atomic mass is 79.9. The van der Waals surface area contributed by atoms with Crippen molar-refractivity contribution in [2.24, 2.45) is 0 Å². The molecule has 1 aromatic carbocycles. The summed E-state index contributed by atoms with van der Waals surface area (Å²) < 4.78 is 10.3. The van der Waals surface area contributed by atoms with E-state index in [9.17, 15) is 14.4 Å². The summed E-state index contributed by atoms with van der Waals surface area (Å²) in [5, 5.41) is 4.17. The monoisotopic (exact) mass is 344 g/mol. The summed E-state index contributed by atoms with van der Waals surface area (Å²) in [7, 11) is 2.83. The van der Waals surface area contributed by atoms with Gasteiger partial charge in [0.2, 0.25) is 0 Å². The maximum absolute atomic E-state index is 11.8. The highest BCUT2D eigenvalue weighted by molar-refractivity contribution is 9.10. The van der Waals surface area contributed by atoms with Crippen LogP contribution in [0.3, 0.4) is 0 Å². The average molecular weight is 345 g/mol. The molecule has 1 aromatic rings. The fraction of sp³-hybridized carbons (Fsp3) is 0.250. The molecule has 0 radical (unpaired) electrons. The summed E-state index contributed by atoms with van der Waals surface area (Å²) in [6, 6.07) is 4.09. The van der Waals surface area contributed by atoms with E-state index in [-0.39, 0.29) is 5.56 Å². The topological polar surface area (TPSA) is 93.7 Å². The van der Waals surface area contributed by atoms with Crippen LogP contribution in [0.25, 0.3) is 0 Å². The first-order chi connectivity index (χ1) is 9.47. The Morgan fingerprint density at radius 2 is 2.00 bits per heavy atom.